The van der Waals surface area contributed by atoms with Crippen LogP contribution in [0.1, 0.15) is 6.42 Å². The molecule has 10 heavy (non-hydrogen) atoms. The Morgan fingerprint density at radius 2 is 2.00 bits per heavy atom. The normalized spacial score (nSPS) is 12.0. The van der Waals surface area contributed by atoms with Crippen molar-refractivity contribution >= 4 is 21.1 Å². The molecule has 0 amide bonds. The highest BCUT2D eigenvalue weighted by Gasteiger charge is 2.03. The van der Waals surface area contributed by atoms with Gasteiger partial charge in [0, 0.05) is 20.1 Å². The summed E-state index contributed by atoms with van der Waals surface area (Å²) in [5.41, 5.74) is 0. The summed E-state index contributed by atoms with van der Waals surface area (Å²) in [4.78, 5) is 0. The van der Waals surface area contributed by atoms with Crippen LogP contribution in [0.5, 0.6) is 0 Å². The maximum Gasteiger partial charge on any atom is 0.134 e. The average molecular weight is 183 g/mol. The van der Waals surface area contributed by atoms with Gasteiger partial charge >= 0.3 is 0 Å². The summed E-state index contributed by atoms with van der Waals surface area (Å²) in [7, 11) is 3.15. The maximum atomic E-state index is 5.51. The molecule has 0 aliphatic carbocycles. The average Bonchev–Trinajstić information content (AvgIpc) is 1.99. The predicted molar refractivity (Wildman–Crippen MR) is 46.5 cm³/mol. The largest absolute Gasteiger partial charge is 0.360 e. The first kappa shape index (κ1) is 10.4. The van der Waals surface area contributed by atoms with Crippen molar-refractivity contribution in [3.8, 4) is 0 Å². The van der Waals surface area contributed by atoms with Crippen molar-refractivity contribution < 1.29 is 9.47 Å². The molecule has 0 bridgehead atoms. The van der Waals surface area contributed by atoms with E-state index >= 15 is 0 Å². The van der Waals surface area contributed by atoms with Crippen LogP contribution in [0.3, 0.4) is 0 Å². The van der Waals surface area contributed by atoms with Crippen LogP contribution in [-0.4, -0.2) is 35.5 Å². The van der Waals surface area contributed by atoms with Gasteiger partial charge in [-0.1, -0.05) is 6.04 Å². The van der Waals surface area contributed by atoms with Crippen LogP contribution in [-0.2, 0) is 9.47 Å². The first-order chi connectivity index (χ1) is 4.85. The van der Waals surface area contributed by atoms with E-state index in [1.807, 2.05) is 0 Å². The molecule has 0 aromatic carbocycles. The lowest BCUT2D eigenvalue weighted by molar-refractivity contribution is -0.0441. The highest BCUT2D eigenvalue weighted by Crippen LogP contribution is 1.96. The molecule has 0 spiro atoms. The summed E-state index contributed by atoms with van der Waals surface area (Å²) in [5, 5.41) is 0. The molecular formula is C6H15ClO2Si. The standard InChI is InChI=1S/C6H15ClO2Si/c1-8-6(9-2)10-5-3-4-7/h6H,3-5,10H2,1-2H3. The zero-order chi connectivity index (χ0) is 7.82. The van der Waals surface area contributed by atoms with Crippen molar-refractivity contribution in [2.45, 2.75) is 18.4 Å². The number of ether oxygens (including phenoxy) is 2. The summed E-state index contributed by atoms with van der Waals surface area (Å²) in [5.74, 6) is 0.843. The van der Waals surface area contributed by atoms with Crippen LogP contribution in [0.4, 0.5) is 0 Å². The summed E-state index contributed by atoms with van der Waals surface area (Å²) < 4.78 is 10.1. The van der Waals surface area contributed by atoms with Gasteiger partial charge in [-0.25, -0.2) is 0 Å². The quantitative estimate of drug-likeness (QED) is 0.262. The molecule has 0 fully saturated rings. The van der Waals surface area contributed by atoms with E-state index in [2.05, 4.69) is 0 Å². The number of rotatable bonds is 6. The van der Waals surface area contributed by atoms with E-state index in [-0.39, 0.29) is 15.4 Å². The minimum Gasteiger partial charge on any atom is -0.360 e. The molecular weight excluding hydrogens is 168 g/mol. The molecule has 2 nitrogen and oxygen atoms in total. The van der Waals surface area contributed by atoms with Crippen LogP contribution in [0.15, 0.2) is 0 Å². The third-order valence-corrected chi connectivity index (χ3v) is 3.66. The van der Waals surface area contributed by atoms with Crippen LogP contribution in [0, 0.1) is 0 Å². The van der Waals surface area contributed by atoms with E-state index in [9.17, 15) is 0 Å². The first-order valence-electron chi connectivity index (χ1n) is 3.46. The molecule has 0 aliphatic rings. The minimum absolute atomic E-state index is 0.0863. The number of hydrogen-bond acceptors (Lipinski definition) is 2. The Morgan fingerprint density at radius 1 is 1.40 bits per heavy atom. The van der Waals surface area contributed by atoms with Gasteiger partial charge in [0.1, 0.15) is 5.91 Å². The summed E-state index contributed by atoms with van der Waals surface area (Å²) in [6, 6.07) is 1.20. The Labute approximate surface area is 69.7 Å². The molecule has 0 saturated carbocycles. The highest BCUT2D eigenvalue weighted by molar-refractivity contribution is 6.36. The van der Waals surface area contributed by atoms with Gasteiger partial charge in [0.25, 0.3) is 0 Å². The van der Waals surface area contributed by atoms with Crippen LogP contribution in [0.25, 0.3) is 0 Å². The summed E-state index contributed by atoms with van der Waals surface area (Å²) in [6.45, 7) is 0. The van der Waals surface area contributed by atoms with E-state index in [0.29, 0.717) is 0 Å². The van der Waals surface area contributed by atoms with Crippen molar-refractivity contribution in [3.63, 3.8) is 0 Å². The Kier molecular flexibility index (Phi) is 7.85. The summed E-state index contributed by atoms with van der Waals surface area (Å²) in [6.07, 6.45) is 1.09. The van der Waals surface area contributed by atoms with Crippen molar-refractivity contribution in [2.75, 3.05) is 20.1 Å². The van der Waals surface area contributed by atoms with E-state index < -0.39 is 0 Å². The fourth-order valence-electron chi connectivity index (χ4n) is 0.737. The molecule has 0 radical (unpaired) electrons. The van der Waals surface area contributed by atoms with Crippen LogP contribution in [0.2, 0.25) is 6.04 Å². The fraction of sp³-hybridized carbons (Fsp3) is 1.00. The third kappa shape index (κ3) is 5.23. The van der Waals surface area contributed by atoms with Gasteiger partial charge < -0.3 is 9.47 Å². The molecule has 0 heterocycles. The third-order valence-electron chi connectivity index (χ3n) is 1.35. The van der Waals surface area contributed by atoms with Gasteiger partial charge in [0.05, 0.1) is 9.52 Å². The predicted octanol–water partition coefficient (Wildman–Crippen LogP) is 0.779. The molecule has 0 atom stereocenters. The van der Waals surface area contributed by atoms with E-state index in [1.54, 1.807) is 14.2 Å². The molecule has 0 saturated heterocycles. The van der Waals surface area contributed by atoms with Crippen molar-refractivity contribution in [3.05, 3.63) is 0 Å². The number of halogens is 1. The molecule has 0 rings (SSSR count). The van der Waals surface area contributed by atoms with Gasteiger partial charge in [-0.05, 0) is 6.42 Å². The van der Waals surface area contributed by atoms with E-state index in [0.717, 1.165) is 12.3 Å². The van der Waals surface area contributed by atoms with Gasteiger partial charge in [0.15, 0.2) is 0 Å². The van der Waals surface area contributed by atoms with Crippen molar-refractivity contribution in [1.82, 2.24) is 0 Å². The lowest BCUT2D eigenvalue weighted by Crippen LogP contribution is -2.20. The van der Waals surface area contributed by atoms with Crippen molar-refractivity contribution in [2.24, 2.45) is 0 Å². The van der Waals surface area contributed by atoms with Gasteiger partial charge in [-0.3, -0.25) is 0 Å². The second kappa shape index (κ2) is 7.53. The number of alkyl halides is 1. The molecule has 0 aliphatic heterocycles. The van der Waals surface area contributed by atoms with Gasteiger partial charge in [-0.2, -0.15) is 0 Å². The molecule has 0 aromatic rings. The molecule has 0 aromatic heterocycles. The molecule has 0 N–H and O–H groups in total. The van der Waals surface area contributed by atoms with Crippen LogP contribution < -0.4 is 0 Å². The highest BCUT2D eigenvalue weighted by atomic mass is 35.5. The molecule has 0 unspecified atom stereocenters. The van der Waals surface area contributed by atoms with Gasteiger partial charge in [-0.15, -0.1) is 11.6 Å². The first-order valence-corrected chi connectivity index (χ1v) is 5.81. The van der Waals surface area contributed by atoms with Gasteiger partial charge in [0.2, 0.25) is 0 Å². The lowest BCUT2D eigenvalue weighted by atomic mass is 10.6. The van der Waals surface area contributed by atoms with E-state index in [1.165, 1.54) is 6.04 Å². The minimum atomic E-state index is -0.215. The smallest absolute Gasteiger partial charge is 0.134 e. The van der Waals surface area contributed by atoms with Crippen LogP contribution >= 0.6 is 11.6 Å². The summed E-state index contributed by atoms with van der Waals surface area (Å²) >= 11 is 5.51. The number of methoxy groups -OCH3 is 2. The second-order valence-corrected chi connectivity index (χ2v) is 4.41. The monoisotopic (exact) mass is 182 g/mol. The fourth-order valence-corrected chi connectivity index (χ4v) is 2.59. The Balaban J connectivity index is 3.09. The Hall–Kier alpha value is 0.427. The zero-order valence-corrected chi connectivity index (χ0v) is 8.77. The maximum absolute atomic E-state index is 5.51. The SMILES string of the molecule is COC(OC)[SiH2]CCCCl. The number of hydrogen-bond donors (Lipinski definition) is 0. The zero-order valence-electron chi connectivity index (χ0n) is 6.60. The second-order valence-electron chi connectivity index (χ2n) is 2.09. The molecule has 62 valence electrons. The Morgan fingerprint density at radius 3 is 2.40 bits per heavy atom. The lowest BCUT2D eigenvalue weighted by Gasteiger charge is -2.11. The Bertz CT molecular complexity index is 68.8. The topological polar surface area (TPSA) is 18.5 Å². The molecule has 4 heteroatoms. The van der Waals surface area contributed by atoms with E-state index in [4.69, 9.17) is 21.1 Å². The van der Waals surface area contributed by atoms with Crippen molar-refractivity contribution in [1.29, 1.82) is 0 Å².